The van der Waals surface area contributed by atoms with Crippen molar-refractivity contribution < 1.29 is 0 Å². The third-order valence-corrected chi connectivity index (χ3v) is 4.60. The van der Waals surface area contributed by atoms with Crippen molar-refractivity contribution in [2.24, 2.45) is 0 Å². The van der Waals surface area contributed by atoms with E-state index in [1.54, 1.807) is 11.3 Å². The first-order chi connectivity index (χ1) is 10.9. The molecule has 1 N–H and O–H groups in total. The van der Waals surface area contributed by atoms with Gasteiger partial charge in [-0.2, -0.15) is 5.21 Å². The zero-order valence-electron chi connectivity index (χ0n) is 11.8. The summed E-state index contributed by atoms with van der Waals surface area (Å²) in [5.41, 5.74) is 3.03. The van der Waals surface area contributed by atoms with Crippen LogP contribution in [0.25, 0.3) is 11.4 Å². The minimum absolute atomic E-state index is 0.574. The van der Waals surface area contributed by atoms with Crippen LogP contribution >= 0.6 is 11.3 Å². The van der Waals surface area contributed by atoms with Crippen LogP contribution in [-0.4, -0.2) is 25.6 Å². The lowest BCUT2D eigenvalue weighted by atomic mass is 9.83. The molecule has 1 aliphatic rings. The van der Waals surface area contributed by atoms with E-state index in [0.29, 0.717) is 11.7 Å². The number of aromatic amines is 1. The van der Waals surface area contributed by atoms with Crippen molar-refractivity contribution in [2.75, 3.05) is 0 Å². The molecular weight excluding hydrogens is 294 g/mol. The van der Waals surface area contributed by atoms with Gasteiger partial charge in [-0.1, -0.05) is 24.5 Å². The molecule has 108 valence electrons. The lowest BCUT2D eigenvalue weighted by molar-refractivity contribution is 0.412. The molecule has 5 nitrogen and oxygen atoms in total. The Bertz CT molecular complexity index is 837. The average molecular weight is 307 g/mol. The molecule has 0 bridgehead atoms. The Morgan fingerprint density at radius 1 is 1.23 bits per heavy atom. The van der Waals surface area contributed by atoms with Gasteiger partial charge in [-0.05, 0) is 36.1 Å². The fourth-order valence-corrected chi connectivity index (χ4v) is 3.13. The molecule has 1 aliphatic carbocycles. The summed E-state index contributed by atoms with van der Waals surface area (Å²) in [5, 5.41) is 17.0. The molecule has 4 rings (SSSR count). The fourth-order valence-electron chi connectivity index (χ4n) is 2.38. The van der Waals surface area contributed by atoms with Crippen LogP contribution in [-0.2, 0) is 0 Å². The van der Waals surface area contributed by atoms with Crippen LogP contribution in [0.15, 0.2) is 29.6 Å². The Balaban J connectivity index is 1.56. The Hall–Kier alpha value is -2.52. The Morgan fingerprint density at radius 2 is 2.18 bits per heavy atom. The zero-order chi connectivity index (χ0) is 14.8. The SMILES string of the molecule is C(#Cc1nc(C2CCC2)cs1)c1cccc(-c2nn[nH]n2)c1. The predicted molar refractivity (Wildman–Crippen MR) is 84.3 cm³/mol. The number of thiazole rings is 1. The summed E-state index contributed by atoms with van der Waals surface area (Å²) in [6.45, 7) is 0. The average Bonchev–Trinajstić information content (AvgIpc) is 3.15. The second kappa shape index (κ2) is 5.70. The van der Waals surface area contributed by atoms with E-state index in [1.807, 2.05) is 24.3 Å². The van der Waals surface area contributed by atoms with Gasteiger partial charge in [-0.3, -0.25) is 0 Å². The van der Waals surface area contributed by atoms with Gasteiger partial charge in [0.1, 0.15) is 0 Å². The van der Waals surface area contributed by atoms with Gasteiger partial charge in [0.05, 0.1) is 5.69 Å². The Kier molecular flexibility index (Phi) is 3.41. The summed E-state index contributed by atoms with van der Waals surface area (Å²) >= 11 is 1.62. The van der Waals surface area contributed by atoms with Crippen molar-refractivity contribution in [2.45, 2.75) is 25.2 Å². The summed E-state index contributed by atoms with van der Waals surface area (Å²) < 4.78 is 0. The van der Waals surface area contributed by atoms with Crippen LogP contribution < -0.4 is 0 Å². The molecule has 1 fully saturated rings. The maximum atomic E-state index is 4.62. The second-order valence-corrected chi connectivity index (χ2v) is 6.13. The lowest BCUT2D eigenvalue weighted by Gasteiger charge is -2.22. The van der Waals surface area contributed by atoms with E-state index >= 15 is 0 Å². The van der Waals surface area contributed by atoms with Gasteiger partial charge in [-0.15, -0.1) is 21.5 Å². The first kappa shape index (κ1) is 13.2. The predicted octanol–water partition coefficient (Wildman–Crippen LogP) is 2.99. The van der Waals surface area contributed by atoms with Gasteiger partial charge in [0.15, 0.2) is 5.01 Å². The highest BCUT2D eigenvalue weighted by atomic mass is 32.1. The highest BCUT2D eigenvalue weighted by Crippen LogP contribution is 2.36. The van der Waals surface area contributed by atoms with Crippen LogP contribution in [0, 0.1) is 11.8 Å². The van der Waals surface area contributed by atoms with E-state index in [0.717, 1.165) is 16.1 Å². The largest absolute Gasteiger partial charge is 0.232 e. The summed E-state index contributed by atoms with van der Waals surface area (Å²) in [4.78, 5) is 4.62. The van der Waals surface area contributed by atoms with Gasteiger partial charge < -0.3 is 0 Å². The Morgan fingerprint density at radius 3 is 2.95 bits per heavy atom. The summed E-state index contributed by atoms with van der Waals surface area (Å²) in [5.74, 6) is 7.55. The van der Waals surface area contributed by atoms with E-state index in [-0.39, 0.29) is 0 Å². The maximum absolute atomic E-state index is 4.62. The third-order valence-electron chi connectivity index (χ3n) is 3.83. The van der Waals surface area contributed by atoms with Gasteiger partial charge in [0, 0.05) is 22.4 Å². The molecule has 2 aromatic heterocycles. The van der Waals surface area contributed by atoms with Crippen molar-refractivity contribution in [1.29, 1.82) is 0 Å². The molecule has 0 amide bonds. The quantitative estimate of drug-likeness (QED) is 0.739. The first-order valence-corrected chi connectivity index (χ1v) is 8.08. The molecular formula is C16H13N5S. The topological polar surface area (TPSA) is 67.3 Å². The summed E-state index contributed by atoms with van der Waals surface area (Å²) in [6.07, 6.45) is 3.86. The van der Waals surface area contributed by atoms with Crippen molar-refractivity contribution in [1.82, 2.24) is 25.6 Å². The van der Waals surface area contributed by atoms with Crippen molar-refractivity contribution in [3.63, 3.8) is 0 Å². The second-order valence-electron chi connectivity index (χ2n) is 5.27. The van der Waals surface area contributed by atoms with E-state index in [4.69, 9.17) is 0 Å². The zero-order valence-corrected chi connectivity index (χ0v) is 12.6. The molecule has 1 saturated carbocycles. The number of rotatable bonds is 2. The monoisotopic (exact) mass is 307 g/mol. The molecule has 0 atom stereocenters. The number of H-pyrrole nitrogens is 1. The lowest BCUT2D eigenvalue weighted by Crippen LogP contribution is -2.08. The van der Waals surface area contributed by atoms with Crippen LogP contribution in [0.5, 0.6) is 0 Å². The number of hydrogen-bond donors (Lipinski definition) is 1. The van der Waals surface area contributed by atoms with E-state index in [2.05, 4.69) is 42.8 Å². The number of nitrogens with zero attached hydrogens (tertiary/aromatic N) is 4. The molecule has 0 radical (unpaired) electrons. The molecule has 0 spiro atoms. The van der Waals surface area contributed by atoms with Crippen molar-refractivity contribution in [3.8, 4) is 23.2 Å². The normalized spacial score (nSPS) is 14.2. The number of nitrogens with one attached hydrogen (secondary N) is 1. The van der Waals surface area contributed by atoms with Crippen molar-refractivity contribution in [3.05, 3.63) is 45.9 Å². The highest BCUT2D eigenvalue weighted by Gasteiger charge is 2.21. The summed E-state index contributed by atoms with van der Waals surface area (Å²) in [7, 11) is 0. The molecule has 0 unspecified atom stereocenters. The van der Waals surface area contributed by atoms with Gasteiger partial charge in [0.25, 0.3) is 0 Å². The Labute approximate surface area is 131 Å². The highest BCUT2D eigenvalue weighted by molar-refractivity contribution is 7.10. The molecule has 0 saturated heterocycles. The molecule has 0 aliphatic heterocycles. The number of benzene rings is 1. The van der Waals surface area contributed by atoms with E-state index in [1.165, 1.54) is 25.0 Å². The smallest absolute Gasteiger partial charge is 0.204 e. The molecule has 1 aromatic carbocycles. The number of hydrogen-bond acceptors (Lipinski definition) is 5. The van der Waals surface area contributed by atoms with E-state index < -0.39 is 0 Å². The van der Waals surface area contributed by atoms with Gasteiger partial charge >= 0.3 is 0 Å². The first-order valence-electron chi connectivity index (χ1n) is 7.20. The molecule has 6 heteroatoms. The van der Waals surface area contributed by atoms with Crippen molar-refractivity contribution >= 4 is 11.3 Å². The third kappa shape index (κ3) is 2.63. The maximum Gasteiger partial charge on any atom is 0.204 e. The minimum Gasteiger partial charge on any atom is -0.232 e. The molecule has 22 heavy (non-hydrogen) atoms. The van der Waals surface area contributed by atoms with E-state index in [9.17, 15) is 0 Å². The van der Waals surface area contributed by atoms with Crippen LogP contribution in [0.1, 0.15) is 41.4 Å². The molecule has 2 heterocycles. The van der Waals surface area contributed by atoms with Crippen LogP contribution in [0.3, 0.4) is 0 Å². The number of aromatic nitrogens is 5. The molecule has 3 aromatic rings. The minimum atomic E-state index is 0.574. The fraction of sp³-hybridized carbons (Fsp3) is 0.250. The van der Waals surface area contributed by atoms with Gasteiger partial charge in [0.2, 0.25) is 5.82 Å². The van der Waals surface area contributed by atoms with Gasteiger partial charge in [-0.25, -0.2) is 4.98 Å². The van der Waals surface area contributed by atoms with Crippen LogP contribution in [0.2, 0.25) is 0 Å². The summed E-state index contributed by atoms with van der Waals surface area (Å²) in [6, 6.07) is 7.81. The standard InChI is InChI=1S/C16H13N5S/c1-3-11(9-13(6-1)16-18-20-21-19-16)7-8-15-17-14(10-22-15)12-4-2-5-12/h1,3,6,9-10,12H,2,4-5H2,(H,18,19,20,21). The van der Waals surface area contributed by atoms with Crippen LogP contribution in [0.4, 0.5) is 0 Å². The number of tetrazole rings is 1.